The number of ether oxygens (including phenoxy) is 1. The number of fused-ring (bicyclic) bond motifs is 2. The van der Waals surface area contributed by atoms with Gasteiger partial charge in [-0.05, 0) is 85.0 Å². The van der Waals surface area contributed by atoms with Crippen molar-refractivity contribution in [3.8, 4) is 0 Å². The number of aryl methyl sites for hydroxylation is 4. The number of hydrogen-bond donors (Lipinski definition) is 1. The summed E-state index contributed by atoms with van der Waals surface area (Å²) in [6, 6.07) is 11.7. The highest BCUT2D eigenvalue weighted by Gasteiger charge is 2.16. The molecular weight excluding hydrogens is 314 g/mol. The fourth-order valence-electron chi connectivity index (χ4n) is 3.76. The van der Waals surface area contributed by atoms with Crippen LogP contribution in [-0.2, 0) is 35.2 Å². The van der Waals surface area contributed by atoms with Gasteiger partial charge in [0.05, 0.1) is 5.56 Å². The van der Waals surface area contributed by atoms with E-state index in [4.69, 9.17) is 4.74 Å². The number of carbonyl (C=O) groups is 2. The number of benzene rings is 2. The van der Waals surface area contributed by atoms with E-state index in [2.05, 4.69) is 11.4 Å². The second kappa shape index (κ2) is 6.71. The summed E-state index contributed by atoms with van der Waals surface area (Å²) in [5, 5.41) is 2.80. The number of amides is 1. The molecular formula is C21H21NO3. The molecule has 0 saturated carbocycles. The summed E-state index contributed by atoms with van der Waals surface area (Å²) in [4.78, 5) is 24.2. The molecule has 0 aliphatic heterocycles. The molecule has 1 amide bonds. The maximum atomic E-state index is 12.2. The molecule has 0 atom stereocenters. The molecule has 25 heavy (non-hydrogen) atoms. The van der Waals surface area contributed by atoms with Crippen LogP contribution in [-0.4, -0.2) is 18.5 Å². The second-order valence-corrected chi connectivity index (χ2v) is 6.80. The Morgan fingerprint density at radius 1 is 0.840 bits per heavy atom. The summed E-state index contributed by atoms with van der Waals surface area (Å²) in [7, 11) is 0. The molecule has 0 unspecified atom stereocenters. The number of rotatable bonds is 4. The van der Waals surface area contributed by atoms with Crippen LogP contribution in [0.1, 0.15) is 45.5 Å². The third kappa shape index (κ3) is 3.43. The Kier molecular flexibility index (Phi) is 4.26. The first-order chi connectivity index (χ1) is 12.2. The molecule has 4 nitrogen and oxygen atoms in total. The smallest absolute Gasteiger partial charge is 0.338 e. The highest BCUT2D eigenvalue weighted by molar-refractivity contribution is 5.95. The highest BCUT2D eigenvalue weighted by Crippen LogP contribution is 2.25. The van der Waals surface area contributed by atoms with Crippen LogP contribution >= 0.6 is 0 Å². The highest BCUT2D eigenvalue weighted by atomic mass is 16.5. The van der Waals surface area contributed by atoms with Gasteiger partial charge in [-0.3, -0.25) is 4.79 Å². The van der Waals surface area contributed by atoms with Gasteiger partial charge in [-0.25, -0.2) is 4.79 Å². The first kappa shape index (κ1) is 15.9. The Morgan fingerprint density at radius 2 is 1.48 bits per heavy atom. The lowest BCUT2D eigenvalue weighted by Crippen LogP contribution is -2.21. The predicted molar refractivity (Wildman–Crippen MR) is 95.8 cm³/mol. The van der Waals surface area contributed by atoms with Gasteiger partial charge in [-0.15, -0.1) is 0 Å². The van der Waals surface area contributed by atoms with Gasteiger partial charge in [-0.1, -0.05) is 12.1 Å². The van der Waals surface area contributed by atoms with Crippen molar-refractivity contribution >= 4 is 17.6 Å². The SMILES string of the molecule is O=C(COC(=O)c1ccc2c(c1)CCC2)Nc1ccc2c(c1)CCC2. The molecule has 4 heteroatoms. The van der Waals surface area contributed by atoms with E-state index >= 15 is 0 Å². The van der Waals surface area contributed by atoms with Gasteiger partial charge in [-0.2, -0.15) is 0 Å². The van der Waals surface area contributed by atoms with E-state index < -0.39 is 5.97 Å². The van der Waals surface area contributed by atoms with Crippen molar-refractivity contribution < 1.29 is 14.3 Å². The van der Waals surface area contributed by atoms with E-state index in [9.17, 15) is 9.59 Å². The molecule has 1 N–H and O–H groups in total. The molecule has 0 saturated heterocycles. The van der Waals surface area contributed by atoms with Gasteiger partial charge in [0.15, 0.2) is 6.61 Å². The normalized spacial score (nSPS) is 14.7. The van der Waals surface area contributed by atoms with Crippen LogP contribution in [0, 0.1) is 0 Å². The Morgan fingerprint density at radius 3 is 2.24 bits per heavy atom. The molecule has 0 bridgehead atoms. The van der Waals surface area contributed by atoms with Crippen LogP contribution in [0.3, 0.4) is 0 Å². The summed E-state index contributed by atoms with van der Waals surface area (Å²) in [6.45, 7) is -0.271. The van der Waals surface area contributed by atoms with Crippen molar-refractivity contribution in [2.45, 2.75) is 38.5 Å². The van der Waals surface area contributed by atoms with E-state index in [1.807, 2.05) is 24.3 Å². The molecule has 2 aromatic carbocycles. The van der Waals surface area contributed by atoms with E-state index in [1.54, 1.807) is 6.07 Å². The van der Waals surface area contributed by atoms with Crippen molar-refractivity contribution in [2.24, 2.45) is 0 Å². The molecule has 0 radical (unpaired) electrons. The van der Waals surface area contributed by atoms with E-state index in [1.165, 1.54) is 28.7 Å². The Bertz CT molecular complexity index is 841. The molecule has 0 aromatic heterocycles. The van der Waals surface area contributed by atoms with Crippen LogP contribution in [0.2, 0.25) is 0 Å². The Hall–Kier alpha value is -2.62. The van der Waals surface area contributed by atoms with Gasteiger partial charge >= 0.3 is 5.97 Å². The lowest BCUT2D eigenvalue weighted by molar-refractivity contribution is -0.119. The second-order valence-electron chi connectivity index (χ2n) is 6.80. The summed E-state index contributed by atoms with van der Waals surface area (Å²) in [5.41, 5.74) is 6.47. The minimum atomic E-state index is -0.446. The minimum absolute atomic E-state index is 0.271. The zero-order valence-electron chi connectivity index (χ0n) is 14.1. The molecule has 0 heterocycles. The minimum Gasteiger partial charge on any atom is -0.452 e. The third-order valence-electron chi connectivity index (χ3n) is 5.05. The summed E-state index contributed by atoms with van der Waals surface area (Å²) < 4.78 is 5.16. The molecule has 2 aliphatic carbocycles. The topological polar surface area (TPSA) is 55.4 Å². The monoisotopic (exact) mass is 335 g/mol. The van der Waals surface area contributed by atoms with E-state index in [0.717, 1.165) is 37.8 Å². The summed E-state index contributed by atoms with van der Waals surface area (Å²) in [6.07, 6.45) is 6.57. The lowest BCUT2D eigenvalue weighted by atomic mass is 10.1. The van der Waals surface area contributed by atoms with E-state index in [0.29, 0.717) is 5.56 Å². The quantitative estimate of drug-likeness (QED) is 0.871. The predicted octanol–water partition coefficient (Wildman–Crippen LogP) is 3.46. The van der Waals surface area contributed by atoms with Crippen molar-refractivity contribution in [3.63, 3.8) is 0 Å². The first-order valence-corrected chi connectivity index (χ1v) is 8.89. The largest absolute Gasteiger partial charge is 0.452 e. The van der Waals surface area contributed by atoms with Crippen molar-refractivity contribution in [1.29, 1.82) is 0 Å². The van der Waals surface area contributed by atoms with Crippen molar-refractivity contribution in [3.05, 3.63) is 64.2 Å². The number of carbonyl (C=O) groups excluding carboxylic acids is 2. The van der Waals surface area contributed by atoms with Crippen LogP contribution in [0.4, 0.5) is 5.69 Å². The summed E-state index contributed by atoms with van der Waals surface area (Å²) >= 11 is 0. The average molecular weight is 335 g/mol. The van der Waals surface area contributed by atoms with E-state index in [-0.39, 0.29) is 12.5 Å². The molecule has 0 fully saturated rings. The van der Waals surface area contributed by atoms with Crippen LogP contribution < -0.4 is 5.32 Å². The van der Waals surface area contributed by atoms with Crippen molar-refractivity contribution in [2.75, 3.05) is 11.9 Å². The fraction of sp³-hybridized carbons (Fsp3) is 0.333. The van der Waals surface area contributed by atoms with Gasteiger partial charge in [0.2, 0.25) is 0 Å². The number of anilines is 1. The average Bonchev–Trinajstić information content (AvgIpc) is 3.27. The maximum Gasteiger partial charge on any atom is 0.338 e. The first-order valence-electron chi connectivity index (χ1n) is 8.89. The van der Waals surface area contributed by atoms with Crippen LogP contribution in [0.25, 0.3) is 0 Å². The molecule has 2 aromatic rings. The molecule has 0 spiro atoms. The fourth-order valence-corrected chi connectivity index (χ4v) is 3.76. The lowest BCUT2D eigenvalue weighted by Gasteiger charge is -2.09. The zero-order valence-corrected chi connectivity index (χ0v) is 14.1. The molecule has 4 rings (SSSR count). The van der Waals surface area contributed by atoms with Crippen LogP contribution in [0.15, 0.2) is 36.4 Å². The Labute approximate surface area is 147 Å². The standard InChI is InChI=1S/C21H21NO3/c23-20(22-19-10-9-15-4-2-6-17(15)12-19)13-25-21(24)18-8-7-14-3-1-5-16(14)11-18/h7-12H,1-6,13H2,(H,22,23). The third-order valence-corrected chi connectivity index (χ3v) is 5.05. The Balaban J connectivity index is 1.33. The molecule has 2 aliphatic rings. The number of nitrogens with one attached hydrogen (secondary N) is 1. The number of hydrogen-bond acceptors (Lipinski definition) is 3. The zero-order chi connectivity index (χ0) is 17.2. The van der Waals surface area contributed by atoms with Crippen LogP contribution in [0.5, 0.6) is 0 Å². The van der Waals surface area contributed by atoms with Gasteiger partial charge in [0.25, 0.3) is 5.91 Å². The van der Waals surface area contributed by atoms with Gasteiger partial charge in [0.1, 0.15) is 0 Å². The van der Waals surface area contributed by atoms with Gasteiger partial charge < -0.3 is 10.1 Å². The molecule has 128 valence electrons. The van der Waals surface area contributed by atoms with Gasteiger partial charge in [0, 0.05) is 5.69 Å². The number of esters is 1. The van der Waals surface area contributed by atoms with Crippen molar-refractivity contribution in [1.82, 2.24) is 0 Å². The summed E-state index contributed by atoms with van der Waals surface area (Å²) in [5.74, 6) is -0.758. The maximum absolute atomic E-state index is 12.2.